The van der Waals surface area contributed by atoms with Gasteiger partial charge < -0.3 is 5.73 Å². The maximum Gasteiger partial charge on any atom is 0.0156 e. The van der Waals surface area contributed by atoms with Crippen LogP contribution in [0, 0.1) is 0 Å². The van der Waals surface area contributed by atoms with Gasteiger partial charge in [0.2, 0.25) is 0 Å². The Morgan fingerprint density at radius 1 is 1.29 bits per heavy atom. The summed E-state index contributed by atoms with van der Waals surface area (Å²) in [7, 11) is 0. The number of fused-ring (bicyclic) bond motifs is 1. The van der Waals surface area contributed by atoms with Gasteiger partial charge in [-0.15, -0.1) is 0 Å². The molecule has 0 spiro atoms. The number of hydrogen-bond acceptors (Lipinski definition) is 1. The van der Waals surface area contributed by atoms with Crippen molar-refractivity contribution in [2.24, 2.45) is 5.73 Å². The Bertz CT molecular complexity index is 500. The highest BCUT2D eigenvalue weighted by molar-refractivity contribution is 5.82. The van der Waals surface area contributed by atoms with E-state index in [2.05, 4.69) is 51.1 Å². The van der Waals surface area contributed by atoms with Gasteiger partial charge in [-0.2, -0.15) is 0 Å². The lowest BCUT2D eigenvalue weighted by atomic mass is 9.81. The van der Waals surface area contributed by atoms with Crippen LogP contribution in [0.1, 0.15) is 45.2 Å². The first kappa shape index (κ1) is 12.0. The zero-order valence-electron chi connectivity index (χ0n) is 11.2. The van der Waals surface area contributed by atoms with E-state index < -0.39 is 0 Å². The Balaban J connectivity index is 2.69. The Morgan fingerprint density at radius 3 is 2.53 bits per heavy atom. The van der Waals surface area contributed by atoms with Crippen molar-refractivity contribution in [1.82, 2.24) is 0 Å². The maximum absolute atomic E-state index is 5.87. The number of nitrogens with two attached hydrogens (primary N) is 1. The number of allylic oxidation sites excluding steroid dienone is 4. The predicted molar refractivity (Wildman–Crippen MR) is 74.6 cm³/mol. The van der Waals surface area contributed by atoms with Crippen LogP contribution in [-0.2, 0) is 5.41 Å². The van der Waals surface area contributed by atoms with Crippen LogP contribution in [0.3, 0.4) is 0 Å². The highest BCUT2D eigenvalue weighted by Crippen LogP contribution is 2.47. The molecule has 1 heteroatoms. The summed E-state index contributed by atoms with van der Waals surface area (Å²) in [5.74, 6) is 0. The molecule has 2 N–H and O–H groups in total. The molecule has 1 aliphatic rings. The van der Waals surface area contributed by atoms with Gasteiger partial charge in [-0.1, -0.05) is 45.0 Å². The summed E-state index contributed by atoms with van der Waals surface area (Å²) in [6, 6.07) is 8.70. The molecule has 0 atom stereocenters. The quantitative estimate of drug-likeness (QED) is 0.812. The minimum Gasteiger partial charge on any atom is -0.402 e. The molecule has 0 aromatic heterocycles. The molecule has 0 aliphatic heterocycles. The molecule has 1 nitrogen and oxygen atoms in total. The molecular weight excluding hydrogens is 206 g/mol. The SMILES string of the molecule is CCC1=C(/C=C(\C)N)C(C)(C)c2ccccc21. The molecule has 0 bridgehead atoms. The first-order valence-corrected chi connectivity index (χ1v) is 6.25. The van der Waals surface area contributed by atoms with E-state index >= 15 is 0 Å². The van der Waals surface area contributed by atoms with Crippen molar-refractivity contribution in [2.75, 3.05) is 0 Å². The van der Waals surface area contributed by atoms with Gasteiger partial charge in [-0.05, 0) is 41.7 Å². The highest BCUT2D eigenvalue weighted by Gasteiger charge is 2.35. The predicted octanol–water partition coefficient (Wildman–Crippen LogP) is 4.00. The Kier molecular flexibility index (Phi) is 2.86. The van der Waals surface area contributed by atoms with Crippen LogP contribution in [0.5, 0.6) is 0 Å². The third kappa shape index (κ3) is 1.80. The number of rotatable bonds is 2. The minimum absolute atomic E-state index is 0.0720. The van der Waals surface area contributed by atoms with Crippen molar-refractivity contribution < 1.29 is 0 Å². The summed E-state index contributed by atoms with van der Waals surface area (Å²) >= 11 is 0. The monoisotopic (exact) mass is 227 g/mol. The van der Waals surface area contributed by atoms with Crippen LogP contribution in [0.2, 0.25) is 0 Å². The molecule has 0 saturated carbocycles. The van der Waals surface area contributed by atoms with Crippen LogP contribution in [0.4, 0.5) is 0 Å². The van der Waals surface area contributed by atoms with E-state index in [1.165, 1.54) is 22.3 Å². The largest absolute Gasteiger partial charge is 0.402 e. The topological polar surface area (TPSA) is 26.0 Å². The zero-order chi connectivity index (χ0) is 12.6. The van der Waals surface area contributed by atoms with Crippen LogP contribution < -0.4 is 5.73 Å². The molecule has 90 valence electrons. The van der Waals surface area contributed by atoms with Crippen molar-refractivity contribution in [3.05, 3.63) is 52.7 Å². The molecule has 1 aromatic carbocycles. The average Bonchev–Trinajstić information content (AvgIpc) is 2.48. The molecule has 2 rings (SSSR count). The van der Waals surface area contributed by atoms with Crippen molar-refractivity contribution >= 4 is 5.57 Å². The molecule has 1 aliphatic carbocycles. The lowest BCUT2D eigenvalue weighted by molar-refractivity contribution is 0.652. The maximum atomic E-state index is 5.87. The average molecular weight is 227 g/mol. The normalized spacial score (nSPS) is 18.5. The van der Waals surface area contributed by atoms with E-state index in [0.717, 1.165) is 12.1 Å². The zero-order valence-corrected chi connectivity index (χ0v) is 11.2. The lowest BCUT2D eigenvalue weighted by Gasteiger charge is -2.23. The van der Waals surface area contributed by atoms with Gasteiger partial charge in [0.1, 0.15) is 0 Å². The van der Waals surface area contributed by atoms with Gasteiger partial charge in [0.05, 0.1) is 0 Å². The lowest BCUT2D eigenvalue weighted by Crippen LogP contribution is -2.16. The summed E-state index contributed by atoms with van der Waals surface area (Å²) < 4.78 is 0. The number of benzene rings is 1. The second-order valence-corrected chi connectivity index (χ2v) is 5.30. The number of hydrogen-bond donors (Lipinski definition) is 1. The Labute approximate surface area is 104 Å². The molecule has 0 fully saturated rings. The van der Waals surface area contributed by atoms with Crippen molar-refractivity contribution in [1.29, 1.82) is 0 Å². The van der Waals surface area contributed by atoms with E-state index in [9.17, 15) is 0 Å². The molecule has 1 aromatic rings. The Hall–Kier alpha value is -1.50. The summed E-state index contributed by atoms with van der Waals surface area (Å²) in [5.41, 5.74) is 12.5. The third-order valence-corrected chi connectivity index (χ3v) is 3.65. The summed E-state index contributed by atoms with van der Waals surface area (Å²) in [5, 5.41) is 0. The molecule has 0 unspecified atom stereocenters. The molecule has 0 amide bonds. The van der Waals surface area contributed by atoms with Crippen LogP contribution >= 0.6 is 0 Å². The molecule has 0 radical (unpaired) electrons. The van der Waals surface area contributed by atoms with E-state index in [0.29, 0.717) is 0 Å². The van der Waals surface area contributed by atoms with Gasteiger partial charge in [0, 0.05) is 11.1 Å². The van der Waals surface area contributed by atoms with E-state index in [-0.39, 0.29) is 5.41 Å². The van der Waals surface area contributed by atoms with Gasteiger partial charge >= 0.3 is 0 Å². The standard InChI is InChI=1S/C16H21N/c1-5-12-13-8-6-7-9-14(13)16(3,4)15(12)10-11(2)17/h6-10H,5,17H2,1-4H3/b11-10+. The van der Waals surface area contributed by atoms with Crippen molar-refractivity contribution in [2.45, 2.75) is 39.5 Å². The summed E-state index contributed by atoms with van der Waals surface area (Å²) in [6.45, 7) is 8.74. The van der Waals surface area contributed by atoms with Crippen molar-refractivity contribution in [3.8, 4) is 0 Å². The molecule has 17 heavy (non-hydrogen) atoms. The van der Waals surface area contributed by atoms with Crippen LogP contribution in [-0.4, -0.2) is 0 Å². The second-order valence-electron chi connectivity index (χ2n) is 5.30. The van der Waals surface area contributed by atoms with Gasteiger partial charge in [-0.25, -0.2) is 0 Å². The second kappa shape index (κ2) is 4.06. The molecule has 0 saturated heterocycles. The van der Waals surface area contributed by atoms with Crippen molar-refractivity contribution in [3.63, 3.8) is 0 Å². The summed E-state index contributed by atoms with van der Waals surface area (Å²) in [4.78, 5) is 0. The van der Waals surface area contributed by atoms with E-state index in [4.69, 9.17) is 5.73 Å². The van der Waals surface area contributed by atoms with Gasteiger partial charge in [-0.3, -0.25) is 0 Å². The fourth-order valence-electron chi connectivity index (χ4n) is 2.83. The van der Waals surface area contributed by atoms with Crippen LogP contribution in [0.15, 0.2) is 41.6 Å². The van der Waals surface area contributed by atoms with Crippen LogP contribution in [0.25, 0.3) is 5.57 Å². The van der Waals surface area contributed by atoms with E-state index in [1.807, 2.05) is 6.92 Å². The van der Waals surface area contributed by atoms with Gasteiger partial charge in [0.15, 0.2) is 0 Å². The highest BCUT2D eigenvalue weighted by atomic mass is 14.6. The summed E-state index contributed by atoms with van der Waals surface area (Å²) in [6.07, 6.45) is 3.19. The Morgan fingerprint density at radius 2 is 1.94 bits per heavy atom. The fraction of sp³-hybridized carbons (Fsp3) is 0.375. The first-order valence-electron chi connectivity index (χ1n) is 6.25. The van der Waals surface area contributed by atoms with Gasteiger partial charge in [0.25, 0.3) is 0 Å². The van der Waals surface area contributed by atoms with E-state index in [1.54, 1.807) is 0 Å². The minimum atomic E-state index is 0.0720. The smallest absolute Gasteiger partial charge is 0.0156 e. The molecular formula is C16H21N. The fourth-order valence-corrected chi connectivity index (χ4v) is 2.83. The third-order valence-electron chi connectivity index (χ3n) is 3.65. The molecule has 0 heterocycles. The first-order chi connectivity index (χ1) is 7.98.